The summed E-state index contributed by atoms with van der Waals surface area (Å²) in [5, 5.41) is 15.1. The fraction of sp³-hybridized carbons (Fsp3) is 0.750. The van der Waals surface area contributed by atoms with Crippen LogP contribution in [-0.2, 0) is 4.84 Å². The summed E-state index contributed by atoms with van der Waals surface area (Å²) < 4.78 is 0. The van der Waals surface area contributed by atoms with Crippen LogP contribution in [0.4, 0.5) is 0 Å². The SMILES string of the molecule is C.C.C=C1CC(C(C)(C)C)=NO1.CC(C)(C)C1=NN=NC1. The molecule has 0 aromatic rings. The summed E-state index contributed by atoms with van der Waals surface area (Å²) in [5.74, 6) is 0.755. The molecule has 5 heteroatoms. The van der Waals surface area contributed by atoms with Gasteiger partial charge in [0, 0.05) is 10.8 Å². The molecule has 0 bridgehead atoms. The Morgan fingerprint density at radius 3 is 1.67 bits per heavy atom. The van der Waals surface area contributed by atoms with Gasteiger partial charge in [0.1, 0.15) is 12.3 Å². The molecule has 0 N–H and O–H groups in total. The molecule has 2 aliphatic rings. The van der Waals surface area contributed by atoms with Crippen molar-refractivity contribution in [3.05, 3.63) is 12.3 Å². The van der Waals surface area contributed by atoms with E-state index < -0.39 is 0 Å². The monoisotopic (exact) mass is 296 g/mol. The topological polar surface area (TPSA) is 58.7 Å². The van der Waals surface area contributed by atoms with Crippen molar-refractivity contribution < 1.29 is 4.84 Å². The van der Waals surface area contributed by atoms with Crippen molar-refractivity contribution in [2.24, 2.45) is 31.4 Å². The van der Waals surface area contributed by atoms with Crippen molar-refractivity contribution in [3.8, 4) is 0 Å². The highest BCUT2D eigenvalue weighted by molar-refractivity contribution is 5.92. The van der Waals surface area contributed by atoms with Crippen LogP contribution in [0.25, 0.3) is 0 Å². The lowest BCUT2D eigenvalue weighted by Gasteiger charge is -2.15. The van der Waals surface area contributed by atoms with Crippen LogP contribution in [0.1, 0.15) is 62.8 Å². The maximum Gasteiger partial charge on any atom is 0.133 e. The van der Waals surface area contributed by atoms with E-state index in [-0.39, 0.29) is 25.7 Å². The summed E-state index contributed by atoms with van der Waals surface area (Å²) in [5.41, 5.74) is 2.42. The molecule has 2 aliphatic heterocycles. The molecule has 21 heavy (non-hydrogen) atoms. The van der Waals surface area contributed by atoms with Crippen molar-refractivity contribution in [1.29, 1.82) is 0 Å². The Hall–Kier alpha value is -1.52. The first-order valence-electron chi connectivity index (χ1n) is 6.46. The molecular formula is C16H32N4O. The zero-order valence-electron chi connectivity index (χ0n) is 12.8. The third kappa shape index (κ3) is 7.16. The number of hydrogen-bond acceptors (Lipinski definition) is 5. The average molecular weight is 296 g/mol. The molecule has 0 fully saturated rings. The van der Waals surface area contributed by atoms with E-state index in [2.05, 4.69) is 68.7 Å². The average Bonchev–Trinajstić information content (AvgIpc) is 2.84. The molecule has 0 unspecified atom stereocenters. The number of nitrogens with zero attached hydrogens (tertiary/aromatic N) is 4. The summed E-state index contributed by atoms with van der Waals surface area (Å²) >= 11 is 0. The summed E-state index contributed by atoms with van der Waals surface area (Å²) in [4.78, 5) is 4.89. The van der Waals surface area contributed by atoms with Gasteiger partial charge in [0.15, 0.2) is 0 Å². The highest BCUT2D eigenvalue weighted by atomic mass is 16.6. The molecule has 2 heterocycles. The summed E-state index contributed by atoms with van der Waals surface area (Å²) in [6, 6.07) is 0. The lowest BCUT2D eigenvalue weighted by molar-refractivity contribution is 0.245. The predicted molar refractivity (Wildman–Crippen MR) is 91.8 cm³/mol. The van der Waals surface area contributed by atoms with Crippen molar-refractivity contribution >= 4 is 11.4 Å². The van der Waals surface area contributed by atoms with Gasteiger partial charge < -0.3 is 4.84 Å². The molecule has 0 aliphatic carbocycles. The van der Waals surface area contributed by atoms with Crippen molar-refractivity contribution in [2.75, 3.05) is 6.54 Å². The second kappa shape index (κ2) is 8.05. The molecule has 0 amide bonds. The molecule has 0 radical (unpaired) electrons. The van der Waals surface area contributed by atoms with Gasteiger partial charge in [-0.05, 0) is 5.22 Å². The Bertz CT molecular complexity index is 434. The Balaban J connectivity index is 0. The number of rotatable bonds is 0. The minimum absolute atomic E-state index is 0. The van der Waals surface area contributed by atoms with Gasteiger partial charge in [-0.15, -0.1) is 5.10 Å². The van der Waals surface area contributed by atoms with Crippen LogP contribution in [0.5, 0.6) is 0 Å². The van der Waals surface area contributed by atoms with Crippen LogP contribution in [0, 0.1) is 10.8 Å². The predicted octanol–water partition coefficient (Wildman–Crippen LogP) is 5.45. The second-order valence-electron chi connectivity index (χ2n) is 6.78. The molecule has 0 atom stereocenters. The van der Waals surface area contributed by atoms with E-state index in [0.717, 1.165) is 23.6 Å². The van der Waals surface area contributed by atoms with Gasteiger partial charge in [-0.25, -0.2) is 0 Å². The largest absolute Gasteiger partial charge is 0.362 e. The number of oxime groups is 1. The maximum absolute atomic E-state index is 4.89. The molecule has 2 rings (SSSR count). The standard InChI is InChI=1S/C8H13NO.C6H11N3.2CH4/c1-6-5-7(9-10-6)8(2,3)4;1-6(2,3)5-4-7-9-8-5;;/h1,5H2,2-4H3;4H2,1-3H3;2*1H4. The van der Waals surface area contributed by atoms with Gasteiger partial charge in [-0.3, -0.25) is 0 Å². The zero-order chi connectivity index (χ0) is 14.7. The highest BCUT2D eigenvalue weighted by Crippen LogP contribution is 2.25. The summed E-state index contributed by atoms with van der Waals surface area (Å²) in [6.45, 7) is 17.1. The minimum Gasteiger partial charge on any atom is -0.362 e. The van der Waals surface area contributed by atoms with Gasteiger partial charge in [-0.1, -0.05) is 68.1 Å². The number of allylic oxidation sites excluding steroid dienone is 1. The third-order valence-electron chi connectivity index (χ3n) is 2.83. The second-order valence-corrected chi connectivity index (χ2v) is 6.78. The van der Waals surface area contributed by atoms with Crippen molar-refractivity contribution in [1.82, 2.24) is 0 Å². The van der Waals surface area contributed by atoms with E-state index in [4.69, 9.17) is 4.84 Å². The Morgan fingerprint density at radius 2 is 1.48 bits per heavy atom. The zero-order valence-corrected chi connectivity index (χ0v) is 12.8. The van der Waals surface area contributed by atoms with Crippen LogP contribution in [0.3, 0.4) is 0 Å². The van der Waals surface area contributed by atoms with Gasteiger partial charge >= 0.3 is 0 Å². The van der Waals surface area contributed by atoms with E-state index in [9.17, 15) is 0 Å². The molecular weight excluding hydrogens is 264 g/mol. The maximum atomic E-state index is 4.89. The smallest absolute Gasteiger partial charge is 0.133 e. The lowest BCUT2D eigenvalue weighted by Crippen LogP contribution is -2.20. The van der Waals surface area contributed by atoms with E-state index in [1.54, 1.807) is 0 Å². The Kier molecular flexibility index (Phi) is 8.35. The van der Waals surface area contributed by atoms with Crippen LogP contribution >= 0.6 is 0 Å². The van der Waals surface area contributed by atoms with Crippen molar-refractivity contribution in [2.45, 2.75) is 62.8 Å². The van der Waals surface area contributed by atoms with E-state index in [0.29, 0.717) is 6.54 Å². The van der Waals surface area contributed by atoms with E-state index >= 15 is 0 Å². The quantitative estimate of drug-likeness (QED) is 0.586. The van der Waals surface area contributed by atoms with Gasteiger partial charge in [0.05, 0.1) is 17.8 Å². The van der Waals surface area contributed by atoms with Crippen LogP contribution in [0.2, 0.25) is 0 Å². The number of hydrogen-bond donors (Lipinski definition) is 0. The molecule has 0 saturated heterocycles. The molecule has 0 spiro atoms. The van der Waals surface area contributed by atoms with Crippen LogP contribution in [-0.4, -0.2) is 18.0 Å². The van der Waals surface area contributed by atoms with Gasteiger partial charge in [0.25, 0.3) is 0 Å². The highest BCUT2D eigenvalue weighted by Gasteiger charge is 2.24. The Labute approximate surface area is 130 Å². The molecule has 0 saturated carbocycles. The summed E-state index contributed by atoms with van der Waals surface area (Å²) in [7, 11) is 0. The lowest BCUT2D eigenvalue weighted by atomic mass is 9.88. The first-order chi connectivity index (χ1) is 8.60. The van der Waals surface area contributed by atoms with Gasteiger partial charge in [0.2, 0.25) is 0 Å². The molecule has 5 nitrogen and oxygen atoms in total. The van der Waals surface area contributed by atoms with E-state index in [1.807, 2.05) is 0 Å². The fourth-order valence-corrected chi connectivity index (χ4v) is 1.38. The van der Waals surface area contributed by atoms with Crippen LogP contribution in [0.15, 0.2) is 32.9 Å². The fourth-order valence-electron chi connectivity index (χ4n) is 1.38. The summed E-state index contributed by atoms with van der Waals surface area (Å²) in [6.07, 6.45) is 0.795. The molecule has 122 valence electrons. The van der Waals surface area contributed by atoms with Crippen molar-refractivity contribution in [3.63, 3.8) is 0 Å². The first kappa shape index (κ1) is 21.8. The first-order valence-corrected chi connectivity index (χ1v) is 6.46. The van der Waals surface area contributed by atoms with Crippen LogP contribution < -0.4 is 0 Å². The molecule has 0 aromatic carbocycles. The van der Waals surface area contributed by atoms with E-state index in [1.165, 1.54) is 0 Å². The minimum atomic E-state index is 0. The molecule has 0 aromatic heterocycles. The third-order valence-corrected chi connectivity index (χ3v) is 2.83. The Morgan fingerprint density at radius 1 is 0.952 bits per heavy atom. The van der Waals surface area contributed by atoms with Gasteiger partial charge in [-0.2, -0.15) is 5.11 Å². The normalized spacial score (nSPS) is 16.8.